The van der Waals surface area contributed by atoms with Gasteiger partial charge in [0.1, 0.15) is 0 Å². The van der Waals surface area contributed by atoms with Crippen LogP contribution in [0.4, 0.5) is 0 Å². The first-order valence-corrected chi connectivity index (χ1v) is 5.10. The zero-order valence-electron chi connectivity index (χ0n) is 9.32. The van der Waals surface area contributed by atoms with Crippen LogP contribution in [0, 0.1) is 0 Å². The van der Waals surface area contributed by atoms with Gasteiger partial charge >= 0.3 is 0 Å². The van der Waals surface area contributed by atoms with Gasteiger partial charge in [0.25, 0.3) is 0 Å². The van der Waals surface area contributed by atoms with Gasteiger partial charge < -0.3 is 10.2 Å². The zero-order chi connectivity index (χ0) is 10.4. The maximum Gasteiger partial charge on any atom is 0.0762 e. The predicted molar refractivity (Wildman–Crippen MR) is 58.2 cm³/mol. The van der Waals surface area contributed by atoms with E-state index in [2.05, 4.69) is 42.4 Å². The summed E-state index contributed by atoms with van der Waals surface area (Å²) in [6, 6.07) is 2.06. The van der Waals surface area contributed by atoms with E-state index >= 15 is 0 Å². The summed E-state index contributed by atoms with van der Waals surface area (Å²) in [5.41, 5.74) is 1.12. The van der Waals surface area contributed by atoms with Crippen LogP contribution in [0.1, 0.15) is 12.6 Å². The van der Waals surface area contributed by atoms with E-state index in [4.69, 9.17) is 0 Å². The Morgan fingerprint density at radius 1 is 1.50 bits per heavy atom. The second-order valence-electron chi connectivity index (χ2n) is 3.64. The number of aromatic nitrogens is 2. The first kappa shape index (κ1) is 11.2. The monoisotopic (exact) mass is 196 g/mol. The van der Waals surface area contributed by atoms with Crippen LogP contribution >= 0.6 is 0 Å². The lowest BCUT2D eigenvalue weighted by Crippen LogP contribution is -2.26. The molecule has 0 saturated carbocycles. The first-order chi connectivity index (χ1) is 6.72. The van der Waals surface area contributed by atoms with Gasteiger partial charge in [-0.25, -0.2) is 0 Å². The highest BCUT2D eigenvalue weighted by Crippen LogP contribution is 1.94. The molecular weight excluding hydrogens is 176 g/mol. The molecule has 1 rings (SSSR count). The molecule has 0 aliphatic carbocycles. The van der Waals surface area contributed by atoms with Crippen LogP contribution in [0.15, 0.2) is 12.3 Å². The van der Waals surface area contributed by atoms with Crippen LogP contribution in [-0.4, -0.2) is 41.9 Å². The third-order valence-electron chi connectivity index (χ3n) is 2.06. The molecule has 4 heteroatoms. The summed E-state index contributed by atoms with van der Waals surface area (Å²) in [5.74, 6) is 0. The van der Waals surface area contributed by atoms with E-state index < -0.39 is 0 Å². The van der Waals surface area contributed by atoms with Gasteiger partial charge in [-0.2, -0.15) is 5.10 Å². The van der Waals surface area contributed by atoms with Crippen molar-refractivity contribution in [1.29, 1.82) is 0 Å². The molecule has 1 N–H and O–H groups in total. The predicted octanol–water partition coefficient (Wildman–Crippen LogP) is 0.554. The van der Waals surface area contributed by atoms with E-state index in [0.717, 1.165) is 31.9 Å². The number of likely N-dealkylation sites (N-methyl/N-ethyl adjacent to an activating group) is 1. The van der Waals surface area contributed by atoms with Gasteiger partial charge in [0.05, 0.1) is 5.69 Å². The van der Waals surface area contributed by atoms with Crippen LogP contribution in [0.25, 0.3) is 0 Å². The number of aryl methyl sites for hydroxylation is 1. The van der Waals surface area contributed by atoms with Crippen molar-refractivity contribution >= 4 is 0 Å². The summed E-state index contributed by atoms with van der Waals surface area (Å²) in [7, 11) is 4.15. The van der Waals surface area contributed by atoms with E-state index in [1.807, 2.05) is 10.9 Å². The van der Waals surface area contributed by atoms with Crippen LogP contribution < -0.4 is 5.32 Å². The maximum atomic E-state index is 4.39. The van der Waals surface area contributed by atoms with Gasteiger partial charge in [-0.05, 0) is 27.1 Å². The largest absolute Gasteiger partial charge is 0.310 e. The lowest BCUT2D eigenvalue weighted by Gasteiger charge is -2.09. The number of hydrogen-bond acceptors (Lipinski definition) is 3. The minimum Gasteiger partial charge on any atom is -0.310 e. The summed E-state index contributed by atoms with van der Waals surface area (Å²) in [6.07, 6.45) is 2.02. The van der Waals surface area contributed by atoms with Crippen molar-refractivity contribution in [2.75, 3.05) is 27.2 Å². The van der Waals surface area contributed by atoms with Crippen LogP contribution in [0.2, 0.25) is 0 Å². The Kier molecular flexibility index (Phi) is 4.62. The summed E-state index contributed by atoms with van der Waals surface area (Å²) < 4.78 is 1.95. The molecule has 0 radical (unpaired) electrons. The van der Waals surface area contributed by atoms with Gasteiger partial charge in [0.15, 0.2) is 0 Å². The maximum absolute atomic E-state index is 4.39. The molecule has 0 spiro atoms. The van der Waals surface area contributed by atoms with Crippen LogP contribution in [-0.2, 0) is 13.1 Å². The molecule has 0 aromatic carbocycles. The summed E-state index contributed by atoms with van der Waals surface area (Å²) >= 11 is 0. The Morgan fingerprint density at radius 3 is 2.86 bits per heavy atom. The lowest BCUT2D eigenvalue weighted by atomic mass is 10.4. The molecule has 0 amide bonds. The van der Waals surface area contributed by atoms with Crippen molar-refractivity contribution in [2.45, 2.75) is 20.0 Å². The second kappa shape index (κ2) is 5.78. The third kappa shape index (κ3) is 3.89. The molecule has 1 heterocycles. The van der Waals surface area contributed by atoms with Gasteiger partial charge in [0, 0.05) is 32.4 Å². The molecule has 4 nitrogen and oxygen atoms in total. The molecule has 80 valence electrons. The quantitative estimate of drug-likeness (QED) is 0.675. The zero-order valence-corrected chi connectivity index (χ0v) is 9.32. The van der Waals surface area contributed by atoms with E-state index in [0.29, 0.717) is 0 Å². The normalized spacial score (nSPS) is 11.1. The average molecular weight is 196 g/mol. The number of nitrogens with zero attached hydrogens (tertiary/aromatic N) is 3. The molecule has 14 heavy (non-hydrogen) atoms. The van der Waals surface area contributed by atoms with Gasteiger partial charge in [-0.3, -0.25) is 4.68 Å². The van der Waals surface area contributed by atoms with E-state index in [-0.39, 0.29) is 0 Å². The highest BCUT2D eigenvalue weighted by Gasteiger charge is 1.96. The van der Waals surface area contributed by atoms with Crippen molar-refractivity contribution in [3.63, 3.8) is 0 Å². The number of rotatable bonds is 6. The highest BCUT2D eigenvalue weighted by molar-refractivity contribution is 4.98. The summed E-state index contributed by atoms with van der Waals surface area (Å²) in [6.45, 7) is 5.97. The van der Waals surface area contributed by atoms with E-state index in [1.54, 1.807) is 0 Å². The molecule has 0 aliphatic rings. The Labute approximate surface area is 85.9 Å². The second-order valence-corrected chi connectivity index (χ2v) is 3.64. The standard InChI is InChI=1S/C10H20N4/c1-4-14-7-5-10(12-14)9-11-6-8-13(2)3/h5,7,11H,4,6,8-9H2,1-3H3. The highest BCUT2D eigenvalue weighted by atomic mass is 15.3. The third-order valence-corrected chi connectivity index (χ3v) is 2.06. The molecule has 0 unspecified atom stereocenters. The minimum atomic E-state index is 0.862. The Bertz CT molecular complexity index is 254. The lowest BCUT2D eigenvalue weighted by molar-refractivity contribution is 0.399. The fraction of sp³-hybridized carbons (Fsp3) is 0.700. The van der Waals surface area contributed by atoms with Gasteiger partial charge in [0.2, 0.25) is 0 Å². The van der Waals surface area contributed by atoms with Crippen molar-refractivity contribution in [1.82, 2.24) is 20.0 Å². The minimum absolute atomic E-state index is 0.862. The van der Waals surface area contributed by atoms with Crippen molar-refractivity contribution < 1.29 is 0 Å². The average Bonchev–Trinajstić information content (AvgIpc) is 2.60. The van der Waals surface area contributed by atoms with Crippen molar-refractivity contribution in [3.8, 4) is 0 Å². The molecular formula is C10H20N4. The Morgan fingerprint density at radius 2 is 2.29 bits per heavy atom. The van der Waals surface area contributed by atoms with Gasteiger partial charge in [-0.1, -0.05) is 0 Å². The first-order valence-electron chi connectivity index (χ1n) is 5.10. The Balaban J connectivity index is 2.18. The number of nitrogens with one attached hydrogen (secondary N) is 1. The fourth-order valence-corrected chi connectivity index (χ4v) is 1.19. The SMILES string of the molecule is CCn1ccc(CNCCN(C)C)n1. The summed E-state index contributed by atoms with van der Waals surface area (Å²) in [5, 5.41) is 7.74. The van der Waals surface area contributed by atoms with Crippen LogP contribution in [0.3, 0.4) is 0 Å². The van der Waals surface area contributed by atoms with E-state index in [1.165, 1.54) is 0 Å². The molecule has 0 bridgehead atoms. The molecule has 1 aromatic heterocycles. The Hall–Kier alpha value is -0.870. The van der Waals surface area contributed by atoms with Crippen molar-refractivity contribution in [2.24, 2.45) is 0 Å². The molecule has 1 aromatic rings. The van der Waals surface area contributed by atoms with Crippen molar-refractivity contribution in [3.05, 3.63) is 18.0 Å². The van der Waals surface area contributed by atoms with Gasteiger partial charge in [-0.15, -0.1) is 0 Å². The molecule has 0 fully saturated rings. The van der Waals surface area contributed by atoms with E-state index in [9.17, 15) is 0 Å². The summed E-state index contributed by atoms with van der Waals surface area (Å²) in [4.78, 5) is 2.16. The smallest absolute Gasteiger partial charge is 0.0762 e. The fourth-order valence-electron chi connectivity index (χ4n) is 1.19. The number of hydrogen-bond donors (Lipinski definition) is 1. The molecule has 0 atom stereocenters. The molecule has 0 saturated heterocycles. The topological polar surface area (TPSA) is 33.1 Å². The van der Waals surface area contributed by atoms with Crippen LogP contribution in [0.5, 0.6) is 0 Å². The molecule has 0 aliphatic heterocycles.